The second-order valence-electron chi connectivity index (χ2n) is 3.04. The first-order chi connectivity index (χ1) is 6.88. The van der Waals surface area contributed by atoms with Crippen molar-refractivity contribution in [2.45, 2.75) is 6.42 Å². The van der Waals surface area contributed by atoms with E-state index in [1.54, 1.807) is 6.07 Å². The summed E-state index contributed by atoms with van der Waals surface area (Å²) in [5, 5.41) is 8.67. The third-order valence-corrected chi connectivity index (χ3v) is 2.54. The van der Waals surface area contributed by atoms with Crippen molar-refractivity contribution in [3.63, 3.8) is 0 Å². The van der Waals surface area contributed by atoms with Crippen LogP contribution < -0.4 is 0 Å². The van der Waals surface area contributed by atoms with Crippen LogP contribution in [0.1, 0.15) is 15.9 Å². The minimum Gasteiger partial charge on any atom is -0.478 e. The molecule has 1 rings (SSSR count). The molecule has 2 N–H and O–H groups in total. The van der Waals surface area contributed by atoms with Crippen molar-refractivity contribution in [1.82, 2.24) is 0 Å². The summed E-state index contributed by atoms with van der Waals surface area (Å²) in [5.74, 6) is -1.47. The van der Waals surface area contributed by atoms with Crippen molar-refractivity contribution in [3.8, 4) is 0 Å². The molecule has 0 saturated heterocycles. The molecular weight excluding hydrogens is 220 g/mol. The van der Waals surface area contributed by atoms with Gasteiger partial charge in [0.2, 0.25) is 0 Å². The molecule has 6 heteroatoms. The Morgan fingerprint density at radius 1 is 1.33 bits per heavy atom. The van der Waals surface area contributed by atoms with Gasteiger partial charge in [-0.05, 0) is 24.1 Å². The SMILES string of the molecule is O=C(O)c1cccc(CCS(=O)(=O)O)c1. The lowest BCUT2D eigenvalue weighted by molar-refractivity contribution is 0.0696. The Bertz CT molecular complexity index is 463. The van der Waals surface area contributed by atoms with E-state index in [1.165, 1.54) is 18.2 Å². The van der Waals surface area contributed by atoms with Gasteiger partial charge in [-0.1, -0.05) is 12.1 Å². The molecule has 0 fully saturated rings. The van der Waals surface area contributed by atoms with Gasteiger partial charge in [-0.25, -0.2) is 4.79 Å². The summed E-state index contributed by atoms with van der Waals surface area (Å²) >= 11 is 0. The Morgan fingerprint density at radius 3 is 2.53 bits per heavy atom. The topological polar surface area (TPSA) is 91.7 Å². The number of hydrogen-bond donors (Lipinski definition) is 2. The summed E-state index contributed by atoms with van der Waals surface area (Å²) in [6.45, 7) is 0. The quantitative estimate of drug-likeness (QED) is 0.747. The van der Waals surface area contributed by atoms with Crippen LogP contribution in [0.15, 0.2) is 24.3 Å². The highest BCUT2D eigenvalue weighted by atomic mass is 32.2. The maximum absolute atomic E-state index is 10.6. The molecule has 0 aliphatic rings. The van der Waals surface area contributed by atoms with Crippen molar-refractivity contribution in [2.24, 2.45) is 0 Å². The Kier molecular flexibility index (Phi) is 3.43. The molecule has 5 nitrogen and oxygen atoms in total. The monoisotopic (exact) mass is 230 g/mol. The number of carbonyl (C=O) groups is 1. The summed E-state index contributed by atoms with van der Waals surface area (Å²) in [6.07, 6.45) is 0.0972. The zero-order chi connectivity index (χ0) is 11.5. The highest BCUT2D eigenvalue weighted by molar-refractivity contribution is 7.85. The standard InChI is InChI=1S/C9H10O5S/c10-9(11)8-3-1-2-7(6-8)4-5-15(12,13)14/h1-3,6H,4-5H2,(H,10,11)(H,12,13,14). The molecule has 0 heterocycles. The van der Waals surface area contributed by atoms with E-state index >= 15 is 0 Å². The second-order valence-corrected chi connectivity index (χ2v) is 4.61. The van der Waals surface area contributed by atoms with Crippen LogP contribution in [0.4, 0.5) is 0 Å². The van der Waals surface area contributed by atoms with Gasteiger partial charge in [0.1, 0.15) is 0 Å². The van der Waals surface area contributed by atoms with Gasteiger partial charge >= 0.3 is 5.97 Å². The third-order valence-electron chi connectivity index (χ3n) is 1.82. The van der Waals surface area contributed by atoms with Gasteiger partial charge in [0.25, 0.3) is 10.1 Å². The summed E-state index contributed by atoms with van der Waals surface area (Å²) in [4.78, 5) is 10.6. The number of aryl methyl sites for hydroxylation is 1. The number of hydrogen-bond acceptors (Lipinski definition) is 3. The maximum Gasteiger partial charge on any atom is 0.335 e. The van der Waals surface area contributed by atoms with Gasteiger partial charge in [-0.3, -0.25) is 4.55 Å². The van der Waals surface area contributed by atoms with Gasteiger partial charge in [-0.2, -0.15) is 8.42 Å². The molecule has 1 aromatic carbocycles. The van der Waals surface area contributed by atoms with E-state index in [9.17, 15) is 13.2 Å². The van der Waals surface area contributed by atoms with E-state index in [2.05, 4.69) is 0 Å². The van der Waals surface area contributed by atoms with E-state index in [0.717, 1.165) is 0 Å². The number of aromatic carboxylic acids is 1. The summed E-state index contributed by atoms with van der Waals surface area (Å²) in [6, 6.07) is 5.94. The maximum atomic E-state index is 10.6. The molecule has 0 aliphatic heterocycles. The molecule has 0 amide bonds. The average Bonchev–Trinajstić information content (AvgIpc) is 2.14. The van der Waals surface area contributed by atoms with Gasteiger partial charge in [-0.15, -0.1) is 0 Å². The number of carboxylic acid groups (broad SMARTS) is 1. The molecule has 0 spiro atoms. The molecule has 0 unspecified atom stereocenters. The largest absolute Gasteiger partial charge is 0.478 e. The zero-order valence-electron chi connectivity index (χ0n) is 7.75. The Hall–Kier alpha value is -1.40. The predicted molar refractivity (Wildman–Crippen MR) is 53.5 cm³/mol. The van der Waals surface area contributed by atoms with Crippen LogP contribution >= 0.6 is 0 Å². The predicted octanol–water partition coefficient (Wildman–Crippen LogP) is 0.815. The zero-order valence-corrected chi connectivity index (χ0v) is 8.57. The first-order valence-corrected chi connectivity index (χ1v) is 5.77. The molecule has 0 aliphatic carbocycles. The lowest BCUT2D eigenvalue weighted by Crippen LogP contribution is -2.07. The van der Waals surface area contributed by atoms with Gasteiger partial charge in [0.05, 0.1) is 11.3 Å². The summed E-state index contributed by atoms with van der Waals surface area (Å²) in [5.41, 5.74) is 0.662. The number of carboxylic acids is 1. The van der Waals surface area contributed by atoms with Crippen LogP contribution in [0.3, 0.4) is 0 Å². The molecule has 0 radical (unpaired) electrons. The summed E-state index contributed by atoms with van der Waals surface area (Å²) < 4.78 is 29.4. The van der Waals surface area contributed by atoms with Crippen LogP contribution in [0.2, 0.25) is 0 Å². The van der Waals surface area contributed by atoms with Crippen molar-refractivity contribution in [2.75, 3.05) is 5.75 Å². The average molecular weight is 230 g/mol. The van der Waals surface area contributed by atoms with E-state index in [0.29, 0.717) is 5.56 Å². The van der Waals surface area contributed by atoms with Crippen molar-refractivity contribution >= 4 is 16.1 Å². The molecule has 0 saturated carbocycles. The Morgan fingerprint density at radius 2 is 2.00 bits per heavy atom. The van der Waals surface area contributed by atoms with Gasteiger partial charge < -0.3 is 5.11 Å². The number of benzene rings is 1. The first-order valence-electron chi connectivity index (χ1n) is 4.16. The fourth-order valence-corrected chi connectivity index (χ4v) is 1.60. The Balaban J connectivity index is 2.79. The lowest BCUT2D eigenvalue weighted by Gasteiger charge is -2.00. The highest BCUT2D eigenvalue weighted by Crippen LogP contribution is 2.06. The molecule has 82 valence electrons. The van der Waals surface area contributed by atoms with E-state index in [4.69, 9.17) is 9.66 Å². The molecule has 0 bridgehead atoms. The minimum absolute atomic E-state index is 0.0972. The molecule has 0 atom stereocenters. The van der Waals surface area contributed by atoms with Crippen molar-refractivity contribution < 1.29 is 22.9 Å². The van der Waals surface area contributed by atoms with Crippen LogP contribution in [0, 0.1) is 0 Å². The lowest BCUT2D eigenvalue weighted by atomic mass is 10.1. The third kappa shape index (κ3) is 4.09. The van der Waals surface area contributed by atoms with E-state index in [1.807, 2.05) is 0 Å². The molecule has 1 aromatic rings. The Labute approximate surface area is 87.1 Å². The van der Waals surface area contributed by atoms with Gasteiger partial charge in [0, 0.05) is 0 Å². The molecule has 15 heavy (non-hydrogen) atoms. The fourth-order valence-electron chi connectivity index (χ4n) is 1.11. The first kappa shape index (κ1) is 11.7. The van der Waals surface area contributed by atoms with Gasteiger partial charge in [0.15, 0.2) is 0 Å². The van der Waals surface area contributed by atoms with E-state index < -0.39 is 21.8 Å². The molecule has 0 aromatic heterocycles. The van der Waals surface area contributed by atoms with Crippen LogP contribution in [0.5, 0.6) is 0 Å². The van der Waals surface area contributed by atoms with Crippen molar-refractivity contribution in [3.05, 3.63) is 35.4 Å². The van der Waals surface area contributed by atoms with Crippen LogP contribution in [0.25, 0.3) is 0 Å². The minimum atomic E-state index is -4.00. The van der Waals surface area contributed by atoms with Crippen LogP contribution in [-0.4, -0.2) is 29.8 Å². The second kappa shape index (κ2) is 4.41. The molecular formula is C9H10O5S. The highest BCUT2D eigenvalue weighted by Gasteiger charge is 2.07. The normalized spacial score (nSPS) is 11.3. The fraction of sp³-hybridized carbons (Fsp3) is 0.222. The van der Waals surface area contributed by atoms with E-state index in [-0.39, 0.29) is 12.0 Å². The van der Waals surface area contributed by atoms with Crippen LogP contribution in [-0.2, 0) is 16.5 Å². The van der Waals surface area contributed by atoms with Crippen molar-refractivity contribution in [1.29, 1.82) is 0 Å². The smallest absolute Gasteiger partial charge is 0.335 e. The number of rotatable bonds is 4. The summed E-state index contributed by atoms with van der Waals surface area (Å²) in [7, 11) is -4.00.